The largest absolute Gasteiger partial charge is 0.480 e. The first-order valence-electron chi connectivity index (χ1n) is 5.27. The number of carbonyl (C=O) groups excluding carboxylic acids is 1. The second-order valence-corrected chi connectivity index (χ2v) is 3.24. The molecule has 0 aliphatic heterocycles. The van der Waals surface area contributed by atoms with Gasteiger partial charge in [-0.1, -0.05) is 0 Å². The fourth-order valence-corrected chi connectivity index (χ4v) is 1.16. The molecule has 1 heterocycles. The molecule has 0 saturated heterocycles. The Morgan fingerprint density at radius 2 is 2.00 bits per heavy atom. The molecule has 0 aromatic carbocycles. The van der Waals surface area contributed by atoms with Crippen molar-refractivity contribution in [3.63, 3.8) is 0 Å². The summed E-state index contributed by atoms with van der Waals surface area (Å²) in [6, 6.07) is 0. The highest BCUT2D eigenvalue weighted by Crippen LogP contribution is 2.17. The quantitative estimate of drug-likeness (QED) is 0.490. The average molecular weight is 256 g/mol. The zero-order valence-corrected chi connectivity index (χ0v) is 10.6. The summed E-state index contributed by atoms with van der Waals surface area (Å²) in [6.07, 6.45) is 1.35. The molecule has 1 aromatic heterocycles. The molecular formula is C11H16N2O5. The lowest BCUT2D eigenvalue weighted by molar-refractivity contribution is 0.0570. The standard InChI is InChI=1S/C11H16N2O5/c1-15-4-5-18-7-8(14)10-11(17-3)13-9(16-2)6-12-10/h6H,4-5,7H2,1-3H3. The maximum absolute atomic E-state index is 11.8. The Morgan fingerprint density at radius 3 is 2.61 bits per heavy atom. The number of nitrogens with zero attached hydrogens (tertiary/aromatic N) is 2. The van der Waals surface area contributed by atoms with Crippen molar-refractivity contribution < 1.29 is 23.7 Å². The van der Waals surface area contributed by atoms with E-state index in [9.17, 15) is 4.79 Å². The van der Waals surface area contributed by atoms with E-state index >= 15 is 0 Å². The SMILES string of the molecule is COCCOCC(=O)c1ncc(OC)nc1OC. The summed E-state index contributed by atoms with van der Waals surface area (Å²) in [7, 11) is 4.42. The Labute approximate surface area is 105 Å². The first-order chi connectivity index (χ1) is 8.72. The number of Topliss-reactive ketones (excluding diaryl/α,β-unsaturated/α-hetero) is 1. The third kappa shape index (κ3) is 3.94. The van der Waals surface area contributed by atoms with E-state index < -0.39 is 0 Å². The number of carbonyl (C=O) groups is 1. The van der Waals surface area contributed by atoms with Crippen molar-refractivity contribution in [2.45, 2.75) is 0 Å². The zero-order chi connectivity index (χ0) is 13.4. The normalized spacial score (nSPS) is 10.2. The van der Waals surface area contributed by atoms with Gasteiger partial charge < -0.3 is 18.9 Å². The summed E-state index contributed by atoms with van der Waals surface area (Å²) < 4.78 is 19.8. The van der Waals surface area contributed by atoms with Crippen molar-refractivity contribution in [3.8, 4) is 11.8 Å². The molecule has 7 heteroatoms. The molecule has 0 fully saturated rings. The van der Waals surface area contributed by atoms with Gasteiger partial charge in [0.2, 0.25) is 17.5 Å². The van der Waals surface area contributed by atoms with Gasteiger partial charge >= 0.3 is 0 Å². The smallest absolute Gasteiger partial charge is 0.246 e. The Morgan fingerprint density at radius 1 is 1.22 bits per heavy atom. The fraction of sp³-hybridized carbons (Fsp3) is 0.545. The van der Waals surface area contributed by atoms with Crippen LogP contribution >= 0.6 is 0 Å². The van der Waals surface area contributed by atoms with Crippen LogP contribution in [0.25, 0.3) is 0 Å². The van der Waals surface area contributed by atoms with Crippen LogP contribution in [0.2, 0.25) is 0 Å². The predicted molar refractivity (Wildman–Crippen MR) is 62.2 cm³/mol. The van der Waals surface area contributed by atoms with Crippen LogP contribution in [0.3, 0.4) is 0 Å². The van der Waals surface area contributed by atoms with Crippen molar-refractivity contribution in [1.82, 2.24) is 9.97 Å². The molecule has 0 radical (unpaired) electrons. The lowest BCUT2D eigenvalue weighted by atomic mass is 10.3. The summed E-state index contributed by atoms with van der Waals surface area (Å²) in [5.41, 5.74) is 0.121. The Kier molecular flexibility index (Phi) is 6.03. The number of aromatic nitrogens is 2. The van der Waals surface area contributed by atoms with Crippen LogP contribution in [-0.2, 0) is 9.47 Å². The third-order valence-corrected chi connectivity index (χ3v) is 2.05. The van der Waals surface area contributed by atoms with E-state index in [2.05, 4.69) is 9.97 Å². The van der Waals surface area contributed by atoms with Crippen LogP contribution in [0, 0.1) is 0 Å². The molecule has 18 heavy (non-hydrogen) atoms. The van der Waals surface area contributed by atoms with E-state index in [1.807, 2.05) is 0 Å². The van der Waals surface area contributed by atoms with E-state index in [-0.39, 0.29) is 29.8 Å². The van der Waals surface area contributed by atoms with Gasteiger partial charge in [-0.15, -0.1) is 0 Å². The summed E-state index contributed by atoms with van der Waals surface area (Å²) in [5.74, 6) is 0.0940. The summed E-state index contributed by atoms with van der Waals surface area (Å²) in [6.45, 7) is 0.674. The molecule has 1 rings (SSSR count). The molecule has 0 atom stereocenters. The summed E-state index contributed by atoms with van der Waals surface area (Å²) >= 11 is 0. The number of ether oxygens (including phenoxy) is 4. The van der Waals surface area contributed by atoms with E-state index in [1.165, 1.54) is 20.4 Å². The number of ketones is 1. The average Bonchev–Trinajstić information content (AvgIpc) is 2.42. The molecule has 0 bridgehead atoms. The van der Waals surface area contributed by atoms with Gasteiger partial charge in [-0.25, -0.2) is 4.98 Å². The van der Waals surface area contributed by atoms with Crippen LogP contribution in [0.4, 0.5) is 0 Å². The first-order valence-corrected chi connectivity index (χ1v) is 5.27. The number of hydrogen-bond donors (Lipinski definition) is 0. The Hall–Kier alpha value is -1.73. The molecule has 0 aliphatic rings. The van der Waals surface area contributed by atoms with Crippen molar-refractivity contribution in [3.05, 3.63) is 11.9 Å². The zero-order valence-electron chi connectivity index (χ0n) is 10.6. The molecule has 100 valence electrons. The van der Waals surface area contributed by atoms with Gasteiger partial charge in [-0.05, 0) is 0 Å². The molecule has 1 aromatic rings. The predicted octanol–water partition coefficient (Wildman–Crippen LogP) is 0.339. The lowest BCUT2D eigenvalue weighted by Crippen LogP contribution is -2.15. The fourth-order valence-electron chi connectivity index (χ4n) is 1.16. The molecule has 7 nitrogen and oxygen atoms in total. The third-order valence-electron chi connectivity index (χ3n) is 2.05. The van der Waals surface area contributed by atoms with Crippen molar-refractivity contribution in [2.24, 2.45) is 0 Å². The van der Waals surface area contributed by atoms with Crippen LogP contribution in [0.1, 0.15) is 10.5 Å². The number of hydrogen-bond acceptors (Lipinski definition) is 7. The number of rotatable bonds is 8. The maximum atomic E-state index is 11.8. The minimum atomic E-state index is -0.307. The molecule has 0 N–H and O–H groups in total. The van der Waals surface area contributed by atoms with Crippen LogP contribution in [0.5, 0.6) is 11.8 Å². The molecule has 0 aliphatic carbocycles. The minimum absolute atomic E-state index is 0.0965. The van der Waals surface area contributed by atoms with E-state index in [0.717, 1.165) is 0 Å². The Bertz CT molecular complexity index is 397. The summed E-state index contributed by atoms with van der Waals surface area (Å²) in [5, 5.41) is 0. The van der Waals surface area contributed by atoms with Gasteiger partial charge in [-0.2, -0.15) is 4.98 Å². The van der Waals surface area contributed by atoms with E-state index in [0.29, 0.717) is 13.2 Å². The Balaban J connectivity index is 2.66. The van der Waals surface area contributed by atoms with Gasteiger partial charge in [-0.3, -0.25) is 4.79 Å². The van der Waals surface area contributed by atoms with E-state index in [1.54, 1.807) is 7.11 Å². The maximum Gasteiger partial charge on any atom is 0.246 e. The molecular weight excluding hydrogens is 240 g/mol. The van der Waals surface area contributed by atoms with Crippen molar-refractivity contribution >= 4 is 5.78 Å². The molecule has 0 amide bonds. The first kappa shape index (κ1) is 14.3. The van der Waals surface area contributed by atoms with Gasteiger partial charge in [0.1, 0.15) is 6.61 Å². The monoisotopic (exact) mass is 256 g/mol. The van der Waals surface area contributed by atoms with Gasteiger partial charge in [0.15, 0.2) is 5.69 Å². The molecule has 0 spiro atoms. The highest BCUT2D eigenvalue weighted by molar-refractivity contribution is 5.97. The van der Waals surface area contributed by atoms with Gasteiger partial charge in [0, 0.05) is 7.11 Å². The second-order valence-electron chi connectivity index (χ2n) is 3.24. The van der Waals surface area contributed by atoms with Gasteiger partial charge in [0.05, 0.1) is 33.6 Å². The lowest BCUT2D eigenvalue weighted by Gasteiger charge is -2.07. The highest BCUT2D eigenvalue weighted by Gasteiger charge is 2.16. The van der Waals surface area contributed by atoms with Crippen LogP contribution < -0.4 is 9.47 Å². The van der Waals surface area contributed by atoms with Crippen molar-refractivity contribution in [2.75, 3.05) is 41.2 Å². The highest BCUT2D eigenvalue weighted by atomic mass is 16.5. The minimum Gasteiger partial charge on any atom is -0.480 e. The topological polar surface area (TPSA) is 79.8 Å². The van der Waals surface area contributed by atoms with E-state index in [4.69, 9.17) is 18.9 Å². The van der Waals surface area contributed by atoms with Gasteiger partial charge in [0.25, 0.3) is 0 Å². The summed E-state index contributed by atoms with van der Waals surface area (Å²) in [4.78, 5) is 19.7. The molecule has 0 unspecified atom stereocenters. The molecule has 0 saturated carbocycles. The van der Waals surface area contributed by atoms with Crippen molar-refractivity contribution in [1.29, 1.82) is 0 Å². The van der Waals surface area contributed by atoms with Crippen LogP contribution in [0.15, 0.2) is 6.20 Å². The second kappa shape index (κ2) is 7.57. The number of methoxy groups -OCH3 is 3. The van der Waals surface area contributed by atoms with Crippen LogP contribution in [-0.4, -0.2) is 56.9 Å².